The van der Waals surface area contributed by atoms with Gasteiger partial charge in [0.25, 0.3) is 11.5 Å². The van der Waals surface area contributed by atoms with Crippen LogP contribution < -0.4 is 5.56 Å². The second kappa shape index (κ2) is 7.31. The van der Waals surface area contributed by atoms with Crippen LogP contribution in [0.5, 0.6) is 0 Å². The van der Waals surface area contributed by atoms with Gasteiger partial charge in [0, 0.05) is 25.0 Å². The molecule has 2 aromatic heterocycles. The van der Waals surface area contributed by atoms with Gasteiger partial charge in [0.05, 0.1) is 19.1 Å². The Morgan fingerprint density at radius 1 is 1.28 bits per heavy atom. The van der Waals surface area contributed by atoms with Gasteiger partial charge in [0.2, 0.25) is 5.91 Å². The highest BCUT2D eigenvalue weighted by Gasteiger charge is 2.50. The standard InChI is InChI=1S/C20H22N4O5/c1-3-15-13(20(28)29-2)8-12-10-22(11-17(25)24(12)15)18(26)14-9-21-16-6-4-5-7-23(16)19(14)27/h4-7,9,12-13,15H,3,8,10-11H2,1-2H3/t12-,13-,15-/m0/s1. The average molecular weight is 398 g/mol. The number of hydrogen-bond donors (Lipinski definition) is 0. The van der Waals surface area contributed by atoms with Gasteiger partial charge in [-0.3, -0.25) is 23.6 Å². The summed E-state index contributed by atoms with van der Waals surface area (Å²) in [6.07, 6.45) is 3.88. The van der Waals surface area contributed by atoms with Crippen molar-refractivity contribution in [1.82, 2.24) is 19.2 Å². The zero-order chi connectivity index (χ0) is 20.7. The lowest BCUT2D eigenvalue weighted by Crippen LogP contribution is -2.58. The van der Waals surface area contributed by atoms with Crippen LogP contribution in [0.25, 0.3) is 5.65 Å². The fourth-order valence-electron chi connectivity index (χ4n) is 4.53. The van der Waals surface area contributed by atoms with Gasteiger partial charge in [-0.15, -0.1) is 0 Å². The summed E-state index contributed by atoms with van der Waals surface area (Å²) in [6, 6.07) is 4.61. The molecule has 2 fully saturated rings. The molecule has 3 atom stereocenters. The molecule has 2 aliphatic rings. The summed E-state index contributed by atoms with van der Waals surface area (Å²) in [5.41, 5.74) is -0.109. The minimum atomic E-state index is -0.525. The van der Waals surface area contributed by atoms with Crippen molar-refractivity contribution in [3.63, 3.8) is 0 Å². The third kappa shape index (κ3) is 3.06. The Morgan fingerprint density at radius 2 is 2.07 bits per heavy atom. The lowest BCUT2D eigenvalue weighted by Gasteiger charge is -2.39. The minimum absolute atomic E-state index is 0.0792. The molecule has 0 N–H and O–H groups in total. The van der Waals surface area contributed by atoms with E-state index in [1.165, 1.54) is 22.6 Å². The fraction of sp³-hybridized carbons (Fsp3) is 0.450. The van der Waals surface area contributed by atoms with Gasteiger partial charge < -0.3 is 14.5 Å². The van der Waals surface area contributed by atoms with E-state index in [0.29, 0.717) is 18.5 Å². The van der Waals surface area contributed by atoms with Crippen LogP contribution >= 0.6 is 0 Å². The summed E-state index contributed by atoms with van der Waals surface area (Å²) in [7, 11) is 1.34. The maximum Gasteiger partial charge on any atom is 0.310 e. The van der Waals surface area contributed by atoms with E-state index in [-0.39, 0.29) is 42.6 Å². The number of aromatic nitrogens is 2. The first-order chi connectivity index (χ1) is 14.0. The Hall–Kier alpha value is -3.23. The Morgan fingerprint density at radius 3 is 2.79 bits per heavy atom. The summed E-state index contributed by atoms with van der Waals surface area (Å²) in [5, 5.41) is 0. The van der Waals surface area contributed by atoms with E-state index in [2.05, 4.69) is 4.98 Å². The molecule has 4 heterocycles. The molecule has 29 heavy (non-hydrogen) atoms. The molecule has 0 saturated carbocycles. The quantitative estimate of drug-likeness (QED) is 0.690. The number of pyridine rings is 1. The lowest BCUT2D eigenvalue weighted by atomic mass is 9.97. The number of rotatable bonds is 3. The van der Waals surface area contributed by atoms with E-state index in [9.17, 15) is 19.2 Å². The molecule has 0 bridgehead atoms. The second-order valence-corrected chi connectivity index (χ2v) is 7.39. The molecule has 2 saturated heterocycles. The first kappa shape index (κ1) is 19.1. The molecular formula is C20H22N4O5. The zero-order valence-electron chi connectivity index (χ0n) is 16.3. The highest BCUT2D eigenvalue weighted by atomic mass is 16.5. The molecule has 0 unspecified atom stereocenters. The second-order valence-electron chi connectivity index (χ2n) is 7.39. The molecule has 0 aromatic carbocycles. The van der Waals surface area contributed by atoms with Gasteiger partial charge in [-0.2, -0.15) is 0 Å². The van der Waals surface area contributed by atoms with Gasteiger partial charge in [0.1, 0.15) is 17.8 Å². The van der Waals surface area contributed by atoms with Gasteiger partial charge in [-0.05, 0) is 25.0 Å². The Balaban J connectivity index is 1.61. The number of carbonyl (C=O) groups is 3. The number of fused-ring (bicyclic) bond motifs is 2. The van der Waals surface area contributed by atoms with Crippen molar-refractivity contribution >= 4 is 23.4 Å². The zero-order valence-corrected chi connectivity index (χ0v) is 16.3. The normalized spacial score (nSPS) is 23.9. The third-order valence-corrected chi connectivity index (χ3v) is 5.84. The summed E-state index contributed by atoms with van der Waals surface area (Å²) < 4.78 is 6.20. The first-order valence-corrected chi connectivity index (χ1v) is 9.61. The summed E-state index contributed by atoms with van der Waals surface area (Å²) in [4.78, 5) is 58.0. The van der Waals surface area contributed by atoms with Crippen molar-refractivity contribution in [3.05, 3.63) is 46.5 Å². The van der Waals surface area contributed by atoms with Crippen molar-refractivity contribution in [2.75, 3.05) is 20.2 Å². The predicted molar refractivity (Wildman–Crippen MR) is 102 cm³/mol. The van der Waals surface area contributed by atoms with Crippen molar-refractivity contribution in [1.29, 1.82) is 0 Å². The molecule has 9 nitrogen and oxygen atoms in total. The van der Waals surface area contributed by atoms with Gasteiger partial charge >= 0.3 is 5.97 Å². The molecule has 2 amide bonds. The molecule has 0 spiro atoms. The van der Waals surface area contributed by atoms with Gasteiger partial charge in [-0.1, -0.05) is 13.0 Å². The molecule has 2 aliphatic heterocycles. The van der Waals surface area contributed by atoms with Crippen LogP contribution in [0.2, 0.25) is 0 Å². The van der Waals surface area contributed by atoms with Gasteiger partial charge in [-0.25, -0.2) is 4.98 Å². The van der Waals surface area contributed by atoms with Crippen LogP contribution in [-0.4, -0.2) is 69.3 Å². The smallest absolute Gasteiger partial charge is 0.310 e. The minimum Gasteiger partial charge on any atom is -0.469 e. The molecule has 152 valence electrons. The maximum atomic E-state index is 13.0. The van der Waals surface area contributed by atoms with Gasteiger partial charge in [0.15, 0.2) is 0 Å². The molecule has 4 rings (SSSR count). The number of nitrogens with zero attached hydrogens (tertiary/aromatic N) is 4. The Kier molecular flexibility index (Phi) is 4.81. The van der Waals surface area contributed by atoms with E-state index in [0.717, 1.165) is 0 Å². The lowest BCUT2D eigenvalue weighted by molar-refractivity contribution is -0.147. The SMILES string of the molecule is CC[C@H]1[C@@H](C(=O)OC)C[C@H]2CN(C(=O)c3cnc4ccccn4c3=O)CC(=O)N21. The van der Waals surface area contributed by atoms with Crippen LogP contribution in [0, 0.1) is 5.92 Å². The molecule has 0 radical (unpaired) electrons. The van der Waals surface area contributed by atoms with Crippen molar-refractivity contribution < 1.29 is 19.1 Å². The summed E-state index contributed by atoms with van der Waals surface area (Å²) in [5.74, 6) is -1.49. The predicted octanol–water partition coefficient (Wildman–Crippen LogP) is 0.319. The number of ether oxygens (including phenoxy) is 1. The highest BCUT2D eigenvalue weighted by Crippen LogP contribution is 2.35. The Labute approximate surface area is 166 Å². The number of methoxy groups -OCH3 is 1. The number of esters is 1. The van der Waals surface area contributed by atoms with Crippen LogP contribution in [0.4, 0.5) is 0 Å². The average Bonchev–Trinajstić information content (AvgIpc) is 3.12. The Bertz CT molecular complexity index is 1050. The highest BCUT2D eigenvalue weighted by molar-refractivity contribution is 5.97. The number of piperazine rings is 1. The third-order valence-electron chi connectivity index (χ3n) is 5.84. The van der Waals surface area contributed by atoms with E-state index in [1.54, 1.807) is 29.3 Å². The van der Waals surface area contributed by atoms with Crippen LogP contribution in [-0.2, 0) is 14.3 Å². The van der Waals surface area contributed by atoms with Crippen LogP contribution in [0.3, 0.4) is 0 Å². The molecular weight excluding hydrogens is 376 g/mol. The molecule has 9 heteroatoms. The van der Waals surface area contributed by atoms with Crippen molar-refractivity contribution in [3.8, 4) is 0 Å². The maximum absolute atomic E-state index is 13.0. The topological polar surface area (TPSA) is 101 Å². The van der Waals surface area contributed by atoms with E-state index < -0.39 is 17.4 Å². The fourth-order valence-corrected chi connectivity index (χ4v) is 4.53. The number of amides is 2. The number of carbonyl (C=O) groups excluding carboxylic acids is 3. The monoisotopic (exact) mass is 398 g/mol. The van der Waals surface area contributed by atoms with Crippen LogP contribution in [0.1, 0.15) is 30.1 Å². The van der Waals surface area contributed by atoms with E-state index >= 15 is 0 Å². The van der Waals surface area contributed by atoms with E-state index in [1.807, 2.05) is 6.92 Å². The van der Waals surface area contributed by atoms with Crippen molar-refractivity contribution in [2.45, 2.75) is 31.8 Å². The van der Waals surface area contributed by atoms with Crippen molar-refractivity contribution in [2.24, 2.45) is 5.92 Å². The summed E-state index contributed by atoms with van der Waals surface area (Å²) >= 11 is 0. The molecule has 0 aliphatic carbocycles. The number of hydrogen-bond acceptors (Lipinski definition) is 6. The van der Waals surface area contributed by atoms with Crippen LogP contribution in [0.15, 0.2) is 35.4 Å². The largest absolute Gasteiger partial charge is 0.469 e. The summed E-state index contributed by atoms with van der Waals surface area (Å²) in [6.45, 7) is 2.07. The molecule has 2 aromatic rings. The first-order valence-electron chi connectivity index (χ1n) is 9.61. The van der Waals surface area contributed by atoms with E-state index in [4.69, 9.17) is 4.74 Å².